The number of nitrogens with one attached hydrogen (secondary N) is 1. The van der Waals surface area contributed by atoms with Crippen LogP contribution in [0.15, 0.2) is 23.8 Å². The third-order valence-electron chi connectivity index (χ3n) is 1.41. The molecule has 0 aromatic heterocycles. The average Bonchev–Trinajstić information content (AvgIpc) is 2.26. The van der Waals surface area contributed by atoms with Gasteiger partial charge in [-0.1, -0.05) is 12.2 Å². The van der Waals surface area contributed by atoms with E-state index in [-0.39, 0.29) is 11.8 Å². The van der Waals surface area contributed by atoms with Gasteiger partial charge in [-0.3, -0.25) is 14.9 Å². The van der Waals surface area contributed by atoms with Crippen LogP contribution < -0.4 is 5.32 Å². The lowest BCUT2D eigenvalue weighted by Crippen LogP contribution is -2.21. The van der Waals surface area contributed by atoms with Crippen molar-refractivity contribution in [2.75, 3.05) is 0 Å². The topological polar surface area (TPSA) is 46.2 Å². The Balaban J connectivity index is 2.64. The number of carbonyl (C=O) groups excluding carboxylic acids is 2. The van der Waals surface area contributed by atoms with Gasteiger partial charge >= 0.3 is 0 Å². The van der Waals surface area contributed by atoms with Gasteiger partial charge in [0.25, 0.3) is 11.8 Å². The van der Waals surface area contributed by atoms with E-state index in [0.717, 1.165) is 0 Å². The van der Waals surface area contributed by atoms with Gasteiger partial charge < -0.3 is 0 Å². The van der Waals surface area contributed by atoms with Crippen molar-refractivity contribution in [3.63, 3.8) is 0 Å². The number of amides is 2. The van der Waals surface area contributed by atoms with Crippen LogP contribution >= 0.6 is 0 Å². The Morgan fingerprint density at radius 3 is 2.73 bits per heavy atom. The molecule has 1 aliphatic rings. The smallest absolute Gasteiger partial charge is 0.254 e. The first-order valence-corrected chi connectivity index (χ1v) is 3.41. The lowest BCUT2D eigenvalue weighted by Gasteiger charge is -1.91. The Labute approximate surface area is 64.8 Å². The van der Waals surface area contributed by atoms with E-state index in [9.17, 15) is 9.59 Å². The second-order valence-corrected chi connectivity index (χ2v) is 2.26. The Kier molecular flexibility index (Phi) is 2.21. The van der Waals surface area contributed by atoms with E-state index in [1.165, 1.54) is 6.08 Å². The van der Waals surface area contributed by atoms with E-state index in [2.05, 4.69) is 5.32 Å². The summed E-state index contributed by atoms with van der Waals surface area (Å²) in [7, 11) is 0. The lowest BCUT2D eigenvalue weighted by molar-refractivity contribution is -0.123. The predicted octanol–water partition coefficient (Wildman–Crippen LogP) is 0.535. The van der Waals surface area contributed by atoms with Gasteiger partial charge in [-0.15, -0.1) is 0 Å². The number of rotatable bonds is 2. The Hall–Kier alpha value is -1.38. The molecule has 1 rings (SSSR count). The minimum absolute atomic E-state index is 0.270. The summed E-state index contributed by atoms with van der Waals surface area (Å²) >= 11 is 0. The summed E-state index contributed by atoms with van der Waals surface area (Å²) in [4.78, 5) is 21.5. The molecule has 0 aromatic rings. The predicted molar refractivity (Wildman–Crippen MR) is 40.7 cm³/mol. The zero-order chi connectivity index (χ0) is 8.27. The molecule has 0 saturated heterocycles. The summed E-state index contributed by atoms with van der Waals surface area (Å²) in [5.41, 5.74) is 0.535. The Morgan fingerprint density at radius 1 is 1.55 bits per heavy atom. The molecular weight excluding hydrogens is 142 g/mol. The van der Waals surface area contributed by atoms with Crippen molar-refractivity contribution in [1.29, 1.82) is 0 Å². The van der Waals surface area contributed by atoms with Gasteiger partial charge in [0.1, 0.15) is 0 Å². The quantitative estimate of drug-likeness (QED) is 0.462. The van der Waals surface area contributed by atoms with Crippen LogP contribution in [0.5, 0.6) is 0 Å². The molecule has 0 radical (unpaired) electrons. The molecule has 3 heteroatoms. The molecular formula is C8H9NO2. The molecule has 1 aliphatic heterocycles. The number of imide groups is 1. The highest BCUT2D eigenvalue weighted by atomic mass is 16.2. The van der Waals surface area contributed by atoms with E-state index in [4.69, 9.17) is 0 Å². The first kappa shape index (κ1) is 7.72. The van der Waals surface area contributed by atoms with E-state index in [0.29, 0.717) is 12.0 Å². The molecule has 2 amide bonds. The Bertz CT molecular complexity index is 251. The summed E-state index contributed by atoms with van der Waals surface area (Å²) < 4.78 is 0. The fourth-order valence-electron chi connectivity index (χ4n) is 0.848. The minimum atomic E-state index is -0.311. The summed E-state index contributed by atoms with van der Waals surface area (Å²) in [5, 5.41) is 2.17. The normalized spacial score (nSPS) is 17.4. The zero-order valence-electron chi connectivity index (χ0n) is 6.26. The molecule has 3 nitrogen and oxygen atoms in total. The molecule has 58 valence electrons. The van der Waals surface area contributed by atoms with Gasteiger partial charge in [-0.25, -0.2) is 0 Å². The van der Waals surface area contributed by atoms with E-state index < -0.39 is 0 Å². The summed E-state index contributed by atoms with van der Waals surface area (Å²) in [6.45, 7) is 1.87. The van der Waals surface area contributed by atoms with Crippen LogP contribution in [-0.2, 0) is 9.59 Å². The molecule has 0 fully saturated rings. The van der Waals surface area contributed by atoms with Crippen molar-refractivity contribution in [3.05, 3.63) is 23.8 Å². The molecule has 0 aliphatic carbocycles. The monoisotopic (exact) mass is 151 g/mol. The average molecular weight is 151 g/mol. The van der Waals surface area contributed by atoms with Crippen LogP contribution in [0.25, 0.3) is 0 Å². The zero-order valence-corrected chi connectivity index (χ0v) is 6.26. The third kappa shape index (κ3) is 1.77. The summed E-state index contributed by atoms with van der Waals surface area (Å²) in [6.07, 6.45) is 5.55. The highest BCUT2D eigenvalue weighted by Crippen LogP contribution is 2.07. The fourth-order valence-corrected chi connectivity index (χ4v) is 0.848. The number of hydrogen-bond acceptors (Lipinski definition) is 2. The van der Waals surface area contributed by atoms with Gasteiger partial charge in [0.15, 0.2) is 0 Å². The van der Waals surface area contributed by atoms with Crippen molar-refractivity contribution < 1.29 is 9.59 Å². The second-order valence-electron chi connectivity index (χ2n) is 2.26. The van der Waals surface area contributed by atoms with E-state index in [1.54, 1.807) is 0 Å². The van der Waals surface area contributed by atoms with Crippen LogP contribution in [0.2, 0.25) is 0 Å². The lowest BCUT2D eigenvalue weighted by atomic mass is 10.2. The maximum Gasteiger partial charge on any atom is 0.254 e. The van der Waals surface area contributed by atoms with Crippen molar-refractivity contribution in [1.82, 2.24) is 5.32 Å². The van der Waals surface area contributed by atoms with Crippen molar-refractivity contribution in [2.45, 2.75) is 13.3 Å². The van der Waals surface area contributed by atoms with Crippen LogP contribution in [0.3, 0.4) is 0 Å². The van der Waals surface area contributed by atoms with Gasteiger partial charge in [0.05, 0.1) is 0 Å². The molecule has 0 atom stereocenters. The van der Waals surface area contributed by atoms with Crippen molar-refractivity contribution >= 4 is 11.8 Å². The molecule has 0 saturated carbocycles. The maximum absolute atomic E-state index is 10.9. The first-order chi connectivity index (χ1) is 5.24. The SMILES string of the molecule is C/C=C/CC1=CC(=O)NC1=O. The number of hydrogen-bond donors (Lipinski definition) is 1. The van der Waals surface area contributed by atoms with Crippen molar-refractivity contribution in [3.8, 4) is 0 Å². The van der Waals surface area contributed by atoms with Gasteiger partial charge in [0, 0.05) is 11.6 Å². The van der Waals surface area contributed by atoms with E-state index in [1.807, 2.05) is 19.1 Å². The van der Waals surface area contributed by atoms with Gasteiger partial charge in [0.2, 0.25) is 0 Å². The van der Waals surface area contributed by atoms with Crippen molar-refractivity contribution in [2.24, 2.45) is 0 Å². The fraction of sp³-hybridized carbons (Fsp3) is 0.250. The standard InChI is InChI=1S/C8H9NO2/c1-2-3-4-6-5-7(10)9-8(6)11/h2-3,5H,4H2,1H3,(H,9,10,11)/b3-2+. The molecule has 0 unspecified atom stereocenters. The molecule has 0 aromatic carbocycles. The Morgan fingerprint density at radius 2 is 2.27 bits per heavy atom. The largest absolute Gasteiger partial charge is 0.289 e. The third-order valence-corrected chi connectivity index (χ3v) is 1.41. The highest BCUT2D eigenvalue weighted by molar-refractivity contribution is 6.16. The number of allylic oxidation sites excluding steroid dienone is 2. The molecule has 1 heterocycles. The molecule has 1 N–H and O–H groups in total. The van der Waals surface area contributed by atoms with Crippen LogP contribution in [0, 0.1) is 0 Å². The second kappa shape index (κ2) is 3.14. The van der Waals surface area contributed by atoms with Gasteiger partial charge in [-0.05, 0) is 13.3 Å². The molecule has 0 bridgehead atoms. The van der Waals surface area contributed by atoms with Crippen LogP contribution in [-0.4, -0.2) is 11.8 Å². The number of carbonyl (C=O) groups is 2. The minimum Gasteiger partial charge on any atom is -0.289 e. The maximum atomic E-state index is 10.9. The molecule has 11 heavy (non-hydrogen) atoms. The highest BCUT2D eigenvalue weighted by Gasteiger charge is 2.18. The van der Waals surface area contributed by atoms with Crippen LogP contribution in [0.1, 0.15) is 13.3 Å². The first-order valence-electron chi connectivity index (χ1n) is 3.41. The molecule has 0 spiro atoms. The summed E-state index contributed by atoms with van der Waals surface area (Å²) in [5.74, 6) is -0.581. The van der Waals surface area contributed by atoms with Gasteiger partial charge in [-0.2, -0.15) is 0 Å². The van der Waals surface area contributed by atoms with Crippen LogP contribution in [0.4, 0.5) is 0 Å². The summed E-state index contributed by atoms with van der Waals surface area (Å²) in [6, 6.07) is 0. The van der Waals surface area contributed by atoms with E-state index >= 15 is 0 Å².